The molecule has 5 atom stereocenters. The predicted octanol–water partition coefficient (Wildman–Crippen LogP) is -0.919. The Balaban J connectivity index is 2.71. The highest BCUT2D eigenvalue weighted by Crippen LogP contribution is 2.12. The number of carbonyl (C=O) groups excluding carboxylic acids is 2. The molecule has 1 rings (SSSR count). The molecule has 0 unspecified atom stereocenters. The van der Waals surface area contributed by atoms with E-state index in [1.165, 1.54) is 13.2 Å². The molecule has 0 radical (unpaired) electrons. The van der Waals surface area contributed by atoms with E-state index in [1.54, 1.807) is 6.08 Å². The second-order valence-electron chi connectivity index (χ2n) is 6.60. The lowest BCUT2D eigenvalue weighted by Crippen LogP contribution is -2.55. The number of methoxy groups -OCH3 is 1. The van der Waals surface area contributed by atoms with Crippen molar-refractivity contribution in [3.05, 3.63) is 12.2 Å². The standard InChI is InChI=1S/C17H30N2O6/c1-10(2)7-8-12(20)13(21)14(22)15(25-3)17(24)19-11-6-4-5-9-18-16(11)23/h7-8,10-15,20-22H,4-6,9H2,1-3H3,(H,18,23)(H,19,24)/b8-7+/t11-,12+,13-,14-,15-/m0/s1. The summed E-state index contributed by atoms with van der Waals surface area (Å²) < 4.78 is 4.99. The molecule has 144 valence electrons. The minimum atomic E-state index is -1.65. The molecular formula is C17H30N2O6. The van der Waals surface area contributed by atoms with Crippen molar-refractivity contribution in [3.8, 4) is 0 Å². The lowest BCUT2D eigenvalue weighted by atomic mass is 10.0. The van der Waals surface area contributed by atoms with E-state index >= 15 is 0 Å². The summed E-state index contributed by atoms with van der Waals surface area (Å²) in [4.78, 5) is 24.2. The summed E-state index contributed by atoms with van der Waals surface area (Å²) in [5, 5.41) is 35.4. The Bertz CT molecular complexity index is 468. The zero-order valence-corrected chi connectivity index (χ0v) is 15.0. The highest BCUT2D eigenvalue weighted by Gasteiger charge is 2.36. The average Bonchev–Trinajstić information content (AvgIpc) is 2.77. The molecule has 0 spiro atoms. The monoisotopic (exact) mass is 358 g/mol. The number of carbonyl (C=O) groups is 2. The van der Waals surface area contributed by atoms with E-state index in [-0.39, 0.29) is 11.8 Å². The highest BCUT2D eigenvalue weighted by molar-refractivity contribution is 5.89. The lowest BCUT2D eigenvalue weighted by Gasteiger charge is -2.28. The molecule has 0 bridgehead atoms. The number of aliphatic hydroxyl groups excluding tert-OH is 3. The van der Waals surface area contributed by atoms with Crippen LogP contribution in [0, 0.1) is 5.92 Å². The number of hydrogen-bond donors (Lipinski definition) is 5. The SMILES string of the molecule is CO[C@H](C(=O)N[C@H]1CCCCNC1=O)[C@@H](O)[C@@H](O)[C@H](O)/C=C/C(C)C. The maximum atomic E-state index is 12.3. The summed E-state index contributed by atoms with van der Waals surface area (Å²) in [6.07, 6.45) is -0.851. The van der Waals surface area contributed by atoms with Gasteiger partial charge < -0.3 is 30.7 Å². The number of nitrogens with one attached hydrogen (secondary N) is 2. The van der Waals surface area contributed by atoms with Crippen molar-refractivity contribution in [2.75, 3.05) is 13.7 Å². The normalized spacial score (nSPS) is 23.6. The molecule has 1 aliphatic heterocycles. The first kappa shape index (κ1) is 21.6. The Morgan fingerprint density at radius 1 is 1.24 bits per heavy atom. The van der Waals surface area contributed by atoms with Crippen LogP contribution in [0.1, 0.15) is 33.1 Å². The van der Waals surface area contributed by atoms with Crippen LogP contribution >= 0.6 is 0 Å². The van der Waals surface area contributed by atoms with Gasteiger partial charge in [0.25, 0.3) is 5.91 Å². The van der Waals surface area contributed by atoms with Gasteiger partial charge in [0.15, 0.2) is 6.10 Å². The van der Waals surface area contributed by atoms with Gasteiger partial charge in [-0.05, 0) is 25.2 Å². The first-order valence-corrected chi connectivity index (χ1v) is 8.61. The second-order valence-corrected chi connectivity index (χ2v) is 6.60. The quantitative estimate of drug-likeness (QED) is 0.357. The molecule has 1 heterocycles. The minimum Gasteiger partial charge on any atom is -0.387 e. The molecule has 0 saturated carbocycles. The topological polar surface area (TPSA) is 128 Å². The summed E-state index contributed by atoms with van der Waals surface area (Å²) in [5.74, 6) is -0.832. The van der Waals surface area contributed by atoms with E-state index in [0.29, 0.717) is 13.0 Å². The van der Waals surface area contributed by atoms with E-state index in [4.69, 9.17) is 4.74 Å². The third-order valence-corrected chi connectivity index (χ3v) is 4.07. The van der Waals surface area contributed by atoms with Gasteiger partial charge in [0.05, 0.1) is 0 Å². The van der Waals surface area contributed by atoms with Crippen molar-refractivity contribution < 1.29 is 29.6 Å². The van der Waals surface area contributed by atoms with E-state index in [0.717, 1.165) is 12.8 Å². The van der Waals surface area contributed by atoms with Crippen molar-refractivity contribution in [1.29, 1.82) is 0 Å². The van der Waals surface area contributed by atoms with Gasteiger partial charge in [0, 0.05) is 13.7 Å². The molecule has 1 fully saturated rings. The van der Waals surface area contributed by atoms with Gasteiger partial charge in [-0.15, -0.1) is 0 Å². The van der Waals surface area contributed by atoms with Gasteiger partial charge in [-0.2, -0.15) is 0 Å². The number of aliphatic hydroxyl groups is 3. The second kappa shape index (κ2) is 10.5. The van der Waals surface area contributed by atoms with Crippen molar-refractivity contribution in [3.63, 3.8) is 0 Å². The first-order chi connectivity index (χ1) is 11.8. The fourth-order valence-corrected chi connectivity index (χ4v) is 2.56. The summed E-state index contributed by atoms with van der Waals surface area (Å²) >= 11 is 0. The number of rotatable bonds is 8. The third-order valence-electron chi connectivity index (χ3n) is 4.07. The Hall–Kier alpha value is -1.48. The molecule has 8 heteroatoms. The molecule has 0 aliphatic carbocycles. The van der Waals surface area contributed by atoms with Crippen LogP contribution in [0.15, 0.2) is 12.2 Å². The molecule has 8 nitrogen and oxygen atoms in total. The van der Waals surface area contributed by atoms with E-state index in [2.05, 4.69) is 10.6 Å². The summed E-state index contributed by atoms with van der Waals surface area (Å²) in [6.45, 7) is 4.36. The molecule has 2 amide bonds. The van der Waals surface area contributed by atoms with Crippen molar-refractivity contribution in [2.24, 2.45) is 5.92 Å². The van der Waals surface area contributed by atoms with E-state index in [9.17, 15) is 24.9 Å². The van der Waals surface area contributed by atoms with Crippen LogP contribution in [0.3, 0.4) is 0 Å². The fraction of sp³-hybridized carbons (Fsp3) is 0.765. The Kier molecular flexibility index (Phi) is 9.05. The van der Waals surface area contributed by atoms with Gasteiger partial charge in [0.2, 0.25) is 5.91 Å². The van der Waals surface area contributed by atoms with Crippen LogP contribution in [-0.4, -0.2) is 71.2 Å². The third kappa shape index (κ3) is 6.74. The molecular weight excluding hydrogens is 328 g/mol. The molecule has 25 heavy (non-hydrogen) atoms. The minimum absolute atomic E-state index is 0.161. The number of ether oxygens (including phenoxy) is 1. The Labute approximate surface area is 148 Å². The van der Waals surface area contributed by atoms with Crippen LogP contribution in [0.25, 0.3) is 0 Å². The van der Waals surface area contributed by atoms with Crippen LogP contribution in [-0.2, 0) is 14.3 Å². The van der Waals surface area contributed by atoms with E-state index in [1.807, 2.05) is 13.8 Å². The zero-order valence-electron chi connectivity index (χ0n) is 15.0. The van der Waals surface area contributed by atoms with E-state index < -0.39 is 36.4 Å². The highest BCUT2D eigenvalue weighted by atomic mass is 16.5. The average molecular weight is 358 g/mol. The number of amides is 2. The smallest absolute Gasteiger partial charge is 0.252 e. The lowest BCUT2D eigenvalue weighted by molar-refractivity contribution is -0.150. The maximum Gasteiger partial charge on any atom is 0.252 e. The Morgan fingerprint density at radius 2 is 1.92 bits per heavy atom. The molecule has 5 N–H and O–H groups in total. The molecule has 0 aromatic heterocycles. The van der Waals surface area contributed by atoms with Crippen molar-refractivity contribution in [2.45, 2.75) is 63.6 Å². The molecule has 1 aliphatic rings. The Morgan fingerprint density at radius 3 is 2.52 bits per heavy atom. The summed E-state index contributed by atoms with van der Waals surface area (Å²) in [6, 6.07) is -0.706. The van der Waals surface area contributed by atoms with Crippen LogP contribution < -0.4 is 10.6 Å². The zero-order chi connectivity index (χ0) is 19.0. The summed E-state index contributed by atoms with van der Waals surface area (Å²) in [5.41, 5.74) is 0. The van der Waals surface area contributed by atoms with Crippen LogP contribution in [0.5, 0.6) is 0 Å². The summed E-state index contributed by atoms with van der Waals surface area (Å²) in [7, 11) is 1.21. The molecule has 1 saturated heterocycles. The predicted molar refractivity (Wildman–Crippen MR) is 91.6 cm³/mol. The molecule has 0 aromatic rings. The first-order valence-electron chi connectivity index (χ1n) is 8.61. The van der Waals surface area contributed by atoms with Crippen molar-refractivity contribution >= 4 is 11.8 Å². The largest absolute Gasteiger partial charge is 0.387 e. The number of allylic oxidation sites excluding steroid dienone is 1. The van der Waals surface area contributed by atoms with Crippen molar-refractivity contribution in [1.82, 2.24) is 10.6 Å². The van der Waals surface area contributed by atoms with Gasteiger partial charge in [0.1, 0.15) is 24.4 Å². The fourth-order valence-electron chi connectivity index (χ4n) is 2.56. The van der Waals surface area contributed by atoms with Gasteiger partial charge in [-0.25, -0.2) is 0 Å². The van der Waals surface area contributed by atoms with Gasteiger partial charge in [-0.3, -0.25) is 9.59 Å². The van der Waals surface area contributed by atoms with Gasteiger partial charge in [-0.1, -0.05) is 26.0 Å². The van der Waals surface area contributed by atoms with Gasteiger partial charge >= 0.3 is 0 Å². The van der Waals surface area contributed by atoms with Crippen LogP contribution in [0.2, 0.25) is 0 Å². The maximum absolute atomic E-state index is 12.3. The number of hydrogen-bond acceptors (Lipinski definition) is 6. The molecule has 0 aromatic carbocycles. The van der Waals surface area contributed by atoms with Crippen LogP contribution in [0.4, 0.5) is 0 Å².